The summed E-state index contributed by atoms with van der Waals surface area (Å²) >= 11 is 0. The van der Waals surface area contributed by atoms with Crippen molar-refractivity contribution in [2.75, 3.05) is 14.2 Å². The van der Waals surface area contributed by atoms with Gasteiger partial charge in [0.2, 0.25) is 0 Å². The second-order valence-corrected chi connectivity index (χ2v) is 5.87. The van der Waals surface area contributed by atoms with Gasteiger partial charge in [-0.15, -0.1) is 0 Å². The van der Waals surface area contributed by atoms with Crippen LogP contribution in [0.3, 0.4) is 0 Å². The fourth-order valence-corrected chi connectivity index (χ4v) is 2.71. The average Bonchev–Trinajstić information content (AvgIpc) is 2.66. The molecule has 2 aromatic carbocycles. The van der Waals surface area contributed by atoms with E-state index in [0.29, 0.717) is 23.6 Å². The maximum atomic E-state index is 12.6. The Morgan fingerprint density at radius 1 is 1.12 bits per heavy atom. The number of fused-ring (bicyclic) bond motifs is 1. The first kappa shape index (κ1) is 17.5. The van der Waals surface area contributed by atoms with Crippen molar-refractivity contribution in [2.45, 2.75) is 13.5 Å². The Balaban J connectivity index is 1.80. The lowest BCUT2D eigenvalue weighted by molar-refractivity contribution is 0.0950. The molecule has 0 aliphatic rings. The molecular formula is C20H20N2O4. The van der Waals surface area contributed by atoms with E-state index < -0.39 is 0 Å². The van der Waals surface area contributed by atoms with E-state index in [1.807, 2.05) is 24.3 Å². The number of carbonyl (C=O) groups is 1. The van der Waals surface area contributed by atoms with Crippen LogP contribution < -0.4 is 14.8 Å². The summed E-state index contributed by atoms with van der Waals surface area (Å²) < 4.78 is 10.3. The summed E-state index contributed by atoms with van der Waals surface area (Å²) in [6.45, 7) is 2.12. The molecule has 0 aliphatic carbocycles. The third-order valence-electron chi connectivity index (χ3n) is 4.16. The van der Waals surface area contributed by atoms with Gasteiger partial charge in [-0.05, 0) is 42.8 Å². The van der Waals surface area contributed by atoms with E-state index in [-0.39, 0.29) is 11.7 Å². The van der Waals surface area contributed by atoms with Gasteiger partial charge >= 0.3 is 0 Å². The number of nitrogens with zero attached hydrogens (tertiary/aromatic N) is 1. The van der Waals surface area contributed by atoms with E-state index in [1.54, 1.807) is 26.2 Å². The van der Waals surface area contributed by atoms with E-state index >= 15 is 0 Å². The number of phenolic OH excluding ortho intramolecular Hbond substituents is 1. The van der Waals surface area contributed by atoms with E-state index in [0.717, 1.165) is 22.2 Å². The van der Waals surface area contributed by atoms with Crippen LogP contribution in [-0.2, 0) is 6.54 Å². The van der Waals surface area contributed by atoms with Crippen molar-refractivity contribution in [3.63, 3.8) is 0 Å². The molecule has 0 unspecified atom stereocenters. The van der Waals surface area contributed by atoms with Gasteiger partial charge in [-0.2, -0.15) is 0 Å². The second kappa shape index (κ2) is 7.31. The summed E-state index contributed by atoms with van der Waals surface area (Å²) in [4.78, 5) is 17.1. The predicted molar refractivity (Wildman–Crippen MR) is 98.9 cm³/mol. The van der Waals surface area contributed by atoms with Gasteiger partial charge in [-0.25, -0.2) is 0 Å². The van der Waals surface area contributed by atoms with Gasteiger partial charge in [-0.1, -0.05) is 6.07 Å². The minimum atomic E-state index is -0.209. The highest BCUT2D eigenvalue weighted by atomic mass is 16.5. The third-order valence-corrected chi connectivity index (χ3v) is 4.16. The SMILES string of the molecule is COc1ccc2cc(C(=O)NCc3ccc(O)c(OC)c3)c(C)nc2c1. The Morgan fingerprint density at radius 2 is 1.92 bits per heavy atom. The number of nitrogens with one attached hydrogen (secondary N) is 1. The molecule has 3 aromatic rings. The number of carbonyl (C=O) groups excluding carboxylic acids is 1. The molecule has 2 N–H and O–H groups in total. The summed E-state index contributed by atoms with van der Waals surface area (Å²) in [6, 6.07) is 12.3. The van der Waals surface area contributed by atoms with Crippen molar-refractivity contribution in [3.05, 3.63) is 59.3 Å². The maximum absolute atomic E-state index is 12.6. The van der Waals surface area contributed by atoms with E-state index in [9.17, 15) is 9.90 Å². The number of benzene rings is 2. The van der Waals surface area contributed by atoms with Crippen molar-refractivity contribution < 1.29 is 19.4 Å². The lowest BCUT2D eigenvalue weighted by Gasteiger charge is -2.11. The minimum Gasteiger partial charge on any atom is -0.504 e. The molecule has 0 atom stereocenters. The quantitative estimate of drug-likeness (QED) is 0.737. The molecule has 1 aromatic heterocycles. The summed E-state index contributed by atoms with van der Waals surface area (Å²) in [7, 11) is 3.09. The zero-order valence-electron chi connectivity index (χ0n) is 14.9. The molecule has 0 saturated heterocycles. The zero-order chi connectivity index (χ0) is 18.7. The number of rotatable bonds is 5. The van der Waals surface area contributed by atoms with Gasteiger partial charge in [0.1, 0.15) is 5.75 Å². The van der Waals surface area contributed by atoms with Crippen molar-refractivity contribution >= 4 is 16.8 Å². The number of aromatic nitrogens is 1. The first-order chi connectivity index (χ1) is 12.5. The number of hydrogen-bond acceptors (Lipinski definition) is 5. The van der Waals surface area contributed by atoms with Gasteiger partial charge in [0.25, 0.3) is 5.91 Å². The molecule has 0 saturated carbocycles. The molecule has 1 heterocycles. The van der Waals surface area contributed by atoms with Crippen LogP contribution in [0.2, 0.25) is 0 Å². The number of amides is 1. The van der Waals surface area contributed by atoms with E-state index in [1.165, 1.54) is 13.2 Å². The molecule has 0 radical (unpaired) electrons. The van der Waals surface area contributed by atoms with Crippen molar-refractivity contribution in [1.29, 1.82) is 0 Å². The number of aromatic hydroxyl groups is 1. The van der Waals surface area contributed by atoms with Crippen LogP contribution in [0.5, 0.6) is 17.2 Å². The fourth-order valence-electron chi connectivity index (χ4n) is 2.71. The van der Waals surface area contributed by atoms with Crippen LogP contribution in [0, 0.1) is 6.92 Å². The summed E-state index contributed by atoms with van der Waals surface area (Å²) in [5.41, 5.74) is 2.77. The average molecular weight is 352 g/mol. The first-order valence-electron chi connectivity index (χ1n) is 8.11. The second-order valence-electron chi connectivity index (χ2n) is 5.87. The molecule has 6 nitrogen and oxygen atoms in total. The minimum absolute atomic E-state index is 0.0626. The molecule has 0 fully saturated rings. The smallest absolute Gasteiger partial charge is 0.253 e. The predicted octanol–water partition coefficient (Wildman–Crippen LogP) is 3.20. The molecule has 134 valence electrons. The topological polar surface area (TPSA) is 80.7 Å². The van der Waals surface area contributed by atoms with Gasteiger partial charge < -0.3 is 19.9 Å². The number of methoxy groups -OCH3 is 2. The normalized spacial score (nSPS) is 10.6. The van der Waals surface area contributed by atoms with E-state index in [4.69, 9.17) is 9.47 Å². The maximum Gasteiger partial charge on any atom is 0.253 e. The third kappa shape index (κ3) is 3.54. The summed E-state index contributed by atoms with van der Waals surface area (Å²) in [5.74, 6) is 0.949. The number of phenols is 1. The van der Waals surface area contributed by atoms with Crippen LogP contribution in [-0.4, -0.2) is 30.2 Å². The highest BCUT2D eigenvalue weighted by Gasteiger charge is 2.12. The van der Waals surface area contributed by atoms with Gasteiger partial charge in [-0.3, -0.25) is 9.78 Å². The molecule has 0 bridgehead atoms. The summed E-state index contributed by atoms with van der Waals surface area (Å²) in [5, 5.41) is 13.4. The van der Waals surface area contributed by atoms with Crippen molar-refractivity contribution in [3.8, 4) is 17.2 Å². The highest BCUT2D eigenvalue weighted by molar-refractivity contribution is 5.98. The van der Waals surface area contributed by atoms with Gasteiger partial charge in [0.05, 0.1) is 31.0 Å². The molecule has 26 heavy (non-hydrogen) atoms. The van der Waals surface area contributed by atoms with Crippen LogP contribution in [0.25, 0.3) is 10.9 Å². The Kier molecular flexibility index (Phi) is 4.93. The van der Waals surface area contributed by atoms with Crippen LogP contribution in [0.4, 0.5) is 0 Å². The molecule has 3 rings (SSSR count). The van der Waals surface area contributed by atoms with Crippen molar-refractivity contribution in [2.24, 2.45) is 0 Å². The lowest BCUT2D eigenvalue weighted by Crippen LogP contribution is -2.24. The molecule has 0 spiro atoms. The lowest BCUT2D eigenvalue weighted by atomic mass is 10.1. The number of ether oxygens (including phenoxy) is 2. The zero-order valence-corrected chi connectivity index (χ0v) is 14.9. The first-order valence-corrected chi connectivity index (χ1v) is 8.11. The molecular weight excluding hydrogens is 332 g/mol. The molecule has 0 aliphatic heterocycles. The summed E-state index contributed by atoms with van der Waals surface area (Å²) in [6.07, 6.45) is 0. The number of pyridine rings is 1. The number of hydrogen-bond donors (Lipinski definition) is 2. The van der Waals surface area contributed by atoms with Crippen LogP contribution in [0.15, 0.2) is 42.5 Å². The monoisotopic (exact) mass is 352 g/mol. The number of aryl methyl sites for hydroxylation is 1. The standard InChI is InChI=1S/C20H20N2O4/c1-12-16(9-14-5-6-15(25-2)10-17(14)22-12)20(24)21-11-13-4-7-18(23)19(8-13)26-3/h4-10,23H,11H2,1-3H3,(H,21,24). The largest absolute Gasteiger partial charge is 0.504 e. The Bertz CT molecular complexity index is 969. The van der Waals surface area contributed by atoms with Gasteiger partial charge in [0, 0.05) is 18.0 Å². The van der Waals surface area contributed by atoms with Crippen LogP contribution in [0.1, 0.15) is 21.6 Å². The highest BCUT2D eigenvalue weighted by Crippen LogP contribution is 2.26. The van der Waals surface area contributed by atoms with Crippen LogP contribution >= 0.6 is 0 Å². The fraction of sp³-hybridized carbons (Fsp3) is 0.200. The molecule has 6 heteroatoms. The Morgan fingerprint density at radius 3 is 2.65 bits per heavy atom. The van der Waals surface area contributed by atoms with Gasteiger partial charge in [0.15, 0.2) is 11.5 Å². The Labute approximate surface area is 151 Å². The molecule has 1 amide bonds. The Hall–Kier alpha value is -3.28. The van der Waals surface area contributed by atoms with E-state index in [2.05, 4.69) is 10.3 Å². The van der Waals surface area contributed by atoms with Crippen molar-refractivity contribution in [1.82, 2.24) is 10.3 Å².